The number of carbonyl (C=O) groups is 1. The highest BCUT2D eigenvalue weighted by Crippen LogP contribution is 2.28. The van der Waals surface area contributed by atoms with Crippen LogP contribution in [-0.4, -0.2) is 34.8 Å². The molecule has 0 aromatic carbocycles. The summed E-state index contributed by atoms with van der Waals surface area (Å²) in [4.78, 5) is 10.4. The number of urea groups is 1. The maximum Gasteiger partial charge on any atom is 0.312 e. The first kappa shape index (κ1) is 11.7. The number of rotatable bonds is 4. The summed E-state index contributed by atoms with van der Waals surface area (Å²) >= 11 is 1.73. The van der Waals surface area contributed by atoms with Crippen LogP contribution in [-0.2, 0) is 0 Å². The van der Waals surface area contributed by atoms with Crippen molar-refractivity contribution in [1.29, 1.82) is 0 Å². The molecule has 82 valence electrons. The van der Waals surface area contributed by atoms with Crippen molar-refractivity contribution in [2.45, 2.75) is 37.0 Å². The van der Waals surface area contributed by atoms with Crippen LogP contribution in [0.4, 0.5) is 4.79 Å². The molecule has 0 aromatic rings. The standard InChI is InChI=1S/C9H18N2O2S/c10-9(13)11-5-6-14-8-4-2-1-3-7(8)12/h7-8,12H,1-6H2,(H3,10,11,13)/t7-,8+/m0/s1. The van der Waals surface area contributed by atoms with E-state index in [2.05, 4.69) is 5.32 Å². The summed E-state index contributed by atoms with van der Waals surface area (Å²) in [6, 6.07) is -0.477. The topological polar surface area (TPSA) is 75.4 Å². The molecule has 4 nitrogen and oxygen atoms in total. The molecule has 1 rings (SSSR count). The zero-order valence-electron chi connectivity index (χ0n) is 8.24. The van der Waals surface area contributed by atoms with Gasteiger partial charge < -0.3 is 16.2 Å². The number of thioether (sulfide) groups is 1. The van der Waals surface area contributed by atoms with E-state index in [0.29, 0.717) is 11.8 Å². The minimum atomic E-state index is -0.477. The third-order valence-electron chi connectivity index (χ3n) is 2.40. The minimum Gasteiger partial charge on any atom is -0.392 e. The second-order valence-corrected chi connectivity index (χ2v) is 4.90. The van der Waals surface area contributed by atoms with Crippen LogP contribution in [0.2, 0.25) is 0 Å². The zero-order chi connectivity index (χ0) is 10.4. The number of aliphatic hydroxyl groups is 1. The van der Waals surface area contributed by atoms with Crippen LogP contribution < -0.4 is 11.1 Å². The van der Waals surface area contributed by atoms with Crippen LogP contribution >= 0.6 is 11.8 Å². The Labute approximate surface area is 88.6 Å². The predicted molar refractivity (Wildman–Crippen MR) is 58.3 cm³/mol. The second-order valence-electron chi connectivity index (χ2n) is 3.55. The average Bonchev–Trinajstić information content (AvgIpc) is 2.15. The third kappa shape index (κ3) is 4.19. The molecule has 0 spiro atoms. The Morgan fingerprint density at radius 1 is 1.50 bits per heavy atom. The fourth-order valence-corrected chi connectivity index (χ4v) is 2.87. The van der Waals surface area contributed by atoms with Gasteiger partial charge in [-0.05, 0) is 12.8 Å². The SMILES string of the molecule is NC(=O)NCCS[C@@H]1CCCC[C@@H]1O. The molecule has 0 saturated heterocycles. The van der Waals surface area contributed by atoms with Gasteiger partial charge in [0.25, 0.3) is 0 Å². The zero-order valence-corrected chi connectivity index (χ0v) is 9.05. The molecule has 5 heteroatoms. The van der Waals surface area contributed by atoms with E-state index in [-0.39, 0.29) is 6.10 Å². The second kappa shape index (κ2) is 6.14. The summed E-state index contributed by atoms with van der Waals surface area (Å²) in [5.41, 5.74) is 4.93. The van der Waals surface area contributed by atoms with Crippen molar-refractivity contribution in [2.24, 2.45) is 5.73 Å². The van der Waals surface area contributed by atoms with E-state index >= 15 is 0 Å². The van der Waals surface area contributed by atoms with Crippen molar-refractivity contribution in [3.8, 4) is 0 Å². The Morgan fingerprint density at radius 2 is 2.21 bits per heavy atom. The average molecular weight is 218 g/mol. The largest absolute Gasteiger partial charge is 0.392 e. The smallest absolute Gasteiger partial charge is 0.312 e. The number of hydrogen-bond acceptors (Lipinski definition) is 3. The van der Waals surface area contributed by atoms with Crippen LogP contribution in [0, 0.1) is 0 Å². The molecule has 0 aliphatic heterocycles. The normalized spacial score (nSPS) is 27.2. The summed E-state index contributed by atoms with van der Waals surface area (Å²) in [7, 11) is 0. The number of nitrogens with two attached hydrogens (primary N) is 1. The molecule has 2 atom stereocenters. The molecule has 0 heterocycles. The van der Waals surface area contributed by atoms with Gasteiger partial charge in [0.05, 0.1) is 6.10 Å². The van der Waals surface area contributed by atoms with E-state index in [9.17, 15) is 9.90 Å². The van der Waals surface area contributed by atoms with Gasteiger partial charge in [-0.2, -0.15) is 11.8 Å². The number of hydrogen-bond donors (Lipinski definition) is 3. The molecule has 0 unspecified atom stereocenters. The van der Waals surface area contributed by atoms with Crippen molar-refractivity contribution >= 4 is 17.8 Å². The minimum absolute atomic E-state index is 0.165. The highest BCUT2D eigenvalue weighted by molar-refractivity contribution is 7.99. The monoisotopic (exact) mass is 218 g/mol. The summed E-state index contributed by atoms with van der Waals surface area (Å²) in [5, 5.41) is 12.5. The number of carbonyl (C=O) groups excluding carboxylic acids is 1. The Hall–Kier alpha value is -0.420. The van der Waals surface area contributed by atoms with Gasteiger partial charge in [-0.3, -0.25) is 0 Å². The van der Waals surface area contributed by atoms with Crippen LogP contribution in [0.25, 0.3) is 0 Å². The molecule has 0 bridgehead atoms. The first-order valence-electron chi connectivity index (χ1n) is 5.03. The number of amides is 2. The van der Waals surface area contributed by atoms with Gasteiger partial charge in [-0.1, -0.05) is 12.8 Å². The lowest BCUT2D eigenvalue weighted by Crippen LogP contribution is -2.32. The van der Waals surface area contributed by atoms with E-state index in [1.807, 2.05) is 0 Å². The fourth-order valence-electron chi connectivity index (χ4n) is 1.66. The third-order valence-corrected chi connectivity index (χ3v) is 3.82. The van der Waals surface area contributed by atoms with Crippen LogP contribution in [0.5, 0.6) is 0 Å². The van der Waals surface area contributed by atoms with Gasteiger partial charge in [0.15, 0.2) is 0 Å². The lowest BCUT2D eigenvalue weighted by atomic mass is 9.97. The molecule has 1 aliphatic rings. The molecule has 1 aliphatic carbocycles. The van der Waals surface area contributed by atoms with Crippen molar-refractivity contribution in [1.82, 2.24) is 5.32 Å². The molecule has 1 fully saturated rings. The molecule has 4 N–H and O–H groups in total. The van der Waals surface area contributed by atoms with E-state index < -0.39 is 6.03 Å². The van der Waals surface area contributed by atoms with Gasteiger partial charge in [0, 0.05) is 17.5 Å². The van der Waals surface area contributed by atoms with Gasteiger partial charge in [0.2, 0.25) is 0 Å². The van der Waals surface area contributed by atoms with Gasteiger partial charge >= 0.3 is 6.03 Å². The number of aliphatic hydroxyl groups excluding tert-OH is 1. The number of primary amides is 1. The summed E-state index contributed by atoms with van der Waals surface area (Å²) in [5.74, 6) is 0.824. The highest BCUT2D eigenvalue weighted by Gasteiger charge is 2.22. The lowest BCUT2D eigenvalue weighted by Gasteiger charge is -2.26. The molecule has 14 heavy (non-hydrogen) atoms. The predicted octanol–water partition coefficient (Wildman–Crippen LogP) is 0.691. The summed E-state index contributed by atoms with van der Waals surface area (Å²) < 4.78 is 0. The fraction of sp³-hybridized carbons (Fsp3) is 0.889. The first-order chi connectivity index (χ1) is 6.70. The van der Waals surface area contributed by atoms with Crippen LogP contribution in [0.3, 0.4) is 0 Å². The molecule has 0 radical (unpaired) electrons. The molecule has 0 aromatic heterocycles. The Balaban J connectivity index is 2.07. The summed E-state index contributed by atoms with van der Waals surface area (Å²) in [6.07, 6.45) is 4.18. The maximum absolute atomic E-state index is 10.4. The Bertz CT molecular complexity index is 190. The van der Waals surface area contributed by atoms with Gasteiger partial charge in [0.1, 0.15) is 0 Å². The van der Waals surface area contributed by atoms with Crippen molar-refractivity contribution in [2.75, 3.05) is 12.3 Å². The number of nitrogens with one attached hydrogen (secondary N) is 1. The summed E-state index contributed by atoms with van der Waals surface area (Å²) in [6.45, 7) is 0.587. The van der Waals surface area contributed by atoms with E-state index in [1.165, 1.54) is 6.42 Å². The Kier molecular flexibility index (Phi) is 5.11. The molecule has 1 saturated carbocycles. The molecular weight excluding hydrogens is 200 g/mol. The van der Waals surface area contributed by atoms with E-state index in [1.54, 1.807) is 11.8 Å². The van der Waals surface area contributed by atoms with Gasteiger partial charge in [-0.15, -0.1) is 0 Å². The van der Waals surface area contributed by atoms with Gasteiger partial charge in [-0.25, -0.2) is 4.79 Å². The quantitative estimate of drug-likeness (QED) is 0.608. The maximum atomic E-state index is 10.4. The van der Waals surface area contributed by atoms with Crippen LogP contribution in [0.1, 0.15) is 25.7 Å². The molecular formula is C9H18N2O2S. The lowest BCUT2D eigenvalue weighted by molar-refractivity contribution is 0.137. The molecule has 2 amide bonds. The first-order valence-corrected chi connectivity index (χ1v) is 6.08. The highest BCUT2D eigenvalue weighted by atomic mass is 32.2. The van der Waals surface area contributed by atoms with Crippen molar-refractivity contribution < 1.29 is 9.90 Å². The van der Waals surface area contributed by atoms with E-state index in [4.69, 9.17) is 5.73 Å². The van der Waals surface area contributed by atoms with Crippen molar-refractivity contribution in [3.63, 3.8) is 0 Å². The van der Waals surface area contributed by atoms with Crippen molar-refractivity contribution in [3.05, 3.63) is 0 Å². The van der Waals surface area contributed by atoms with E-state index in [0.717, 1.165) is 25.0 Å². The Morgan fingerprint density at radius 3 is 2.86 bits per heavy atom. The van der Waals surface area contributed by atoms with Crippen LogP contribution in [0.15, 0.2) is 0 Å².